The van der Waals surface area contributed by atoms with Crippen LogP contribution in [-0.4, -0.2) is 22.0 Å². The lowest BCUT2D eigenvalue weighted by Gasteiger charge is -2.33. The molecule has 15 heavy (non-hydrogen) atoms. The Balaban J connectivity index is 3.00. The van der Waals surface area contributed by atoms with Gasteiger partial charge in [-0.2, -0.15) is 0 Å². The van der Waals surface area contributed by atoms with Gasteiger partial charge in [-0.1, -0.05) is 6.58 Å². The predicted octanol–water partition coefficient (Wildman–Crippen LogP) is 0.781. The zero-order valence-corrected chi connectivity index (χ0v) is 10.0. The van der Waals surface area contributed by atoms with Crippen LogP contribution < -0.4 is 11.5 Å². The fourth-order valence-corrected chi connectivity index (χ4v) is 2.00. The van der Waals surface area contributed by atoms with E-state index >= 15 is 0 Å². The second-order valence-corrected chi connectivity index (χ2v) is 5.47. The predicted molar refractivity (Wildman–Crippen MR) is 60.6 cm³/mol. The molecule has 0 aromatic rings. The van der Waals surface area contributed by atoms with Crippen molar-refractivity contribution < 1.29 is 4.79 Å². The molecular weight excluding hydrogens is 190 g/mol. The van der Waals surface area contributed by atoms with E-state index in [1.54, 1.807) is 18.7 Å². The second kappa shape index (κ2) is 3.32. The van der Waals surface area contributed by atoms with Gasteiger partial charge in [0, 0.05) is 17.7 Å². The number of carbonyl (C=O) groups excluding carboxylic acids is 1. The quantitative estimate of drug-likeness (QED) is 0.709. The van der Waals surface area contributed by atoms with Crippen LogP contribution in [0.5, 0.6) is 0 Å². The Kier molecular flexibility index (Phi) is 2.70. The minimum absolute atomic E-state index is 0.0139. The Morgan fingerprint density at radius 3 is 2.00 bits per heavy atom. The maximum absolute atomic E-state index is 12.1. The van der Waals surface area contributed by atoms with Crippen LogP contribution in [0.15, 0.2) is 12.3 Å². The molecule has 1 rings (SSSR count). The zero-order chi connectivity index (χ0) is 12.0. The molecular formula is C11H21N3O. The van der Waals surface area contributed by atoms with Crippen LogP contribution in [0.1, 0.15) is 34.1 Å². The van der Waals surface area contributed by atoms with E-state index in [9.17, 15) is 4.79 Å². The Morgan fingerprint density at radius 1 is 1.33 bits per heavy atom. The maximum atomic E-state index is 12.1. The third-order valence-electron chi connectivity index (χ3n) is 2.75. The number of allylic oxidation sites excluding steroid dienone is 1. The highest BCUT2D eigenvalue weighted by atomic mass is 16.2. The average molecular weight is 211 g/mol. The summed E-state index contributed by atoms with van der Waals surface area (Å²) in [7, 11) is 0. The number of hydrogen-bond donors (Lipinski definition) is 2. The molecule has 4 nitrogen and oxygen atoms in total. The third-order valence-corrected chi connectivity index (χ3v) is 2.75. The Labute approximate surface area is 91.3 Å². The number of carbonyl (C=O) groups is 1. The summed E-state index contributed by atoms with van der Waals surface area (Å²) in [6.45, 7) is 11.2. The van der Waals surface area contributed by atoms with Crippen LogP contribution in [0.2, 0.25) is 0 Å². The van der Waals surface area contributed by atoms with E-state index in [4.69, 9.17) is 11.5 Å². The summed E-state index contributed by atoms with van der Waals surface area (Å²) in [4.78, 5) is 13.7. The minimum atomic E-state index is -0.700. The van der Waals surface area contributed by atoms with Crippen LogP contribution in [0.4, 0.5) is 0 Å². The van der Waals surface area contributed by atoms with Crippen LogP contribution in [0, 0.1) is 5.92 Å². The lowest BCUT2D eigenvalue weighted by molar-refractivity contribution is -0.135. The van der Waals surface area contributed by atoms with Gasteiger partial charge in [0.15, 0.2) is 0 Å². The Hall–Kier alpha value is -0.870. The summed E-state index contributed by atoms with van der Waals surface area (Å²) in [5.41, 5.74) is 11.4. The van der Waals surface area contributed by atoms with E-state index < -0.39 is 11.2 Å². The summed E-state index contributed by atoms with van der Waals surface area (Å²) >= 11 is 0. The van der Waals surface area contributed by atoms with Crippen molar-refractivity contribution >= 4 is 5.91 Å². The largest absolute Gasteiger partial charge is 0.325 e. The number of nitrogens with two attached hydrogens (primary N) is 2. The van der Waals surface area contributed by atoms with Crippen molar-refractivity contribution in [3.8, 4) is 0 Å². The first-order valence-electron chi connectivity index (χ1n) is 5.15. The molecule has 0 saturated carbocycles. The molecule has 1 aliphatic heterocycles. The molecule has 1 aliphatic rings. The molecule has 86 valence electrons. The molecule has 1 unspecified atom stereocenters. The van der Waals surface area contributed by atoms with E-state index in [-0.39, 0.29) is 11.8 Å². The number of rotatable bonds is 2. The summed E-state index contributed by atoms with van der Waals surface area (Å²) in [5, 5.41) is 0. The SMILES string of the molecule is C=C1CC(C(C)(C)N)C(=O)N1C(C)(C)N. The number of likely N-dealkylation sites (tertiary alicyclic amines) is 1. The molecule has 1 saturated heterocycles. The van der Waals surface area contributed by atoms with Crippen LogP contribution in [0.25, 0.3) is 0 Å². The van der Waals surface area contributed by atoms with Crippen LogP contribution in [-0.2, 0) is 4.79 Å². The van der Waals surface area contributed by atoms with Crippen LogP contribution >= 0.6 is 0 Å². The molecule has 0 bridgehead atoms. The molecule has 4 heteroatoms. The highest BCUT2D eigenvalue weighted by molar-refractivity contribution is 5.85. The van der Waals surface area contributed by atoms with Gasteiger partial charge in [-0.3, -0.25) is 9.69 Å². The van der Waals surface area contributed by atoms with Gasteiger partial charge in [-0.25, -0.2) is 0 Å². The van der Waals surface area contributed by atoms with Crippen molar-refractivity contribution in [2.45, 2.75) is 45.3 Å². The van der Waals surface area contributed by atoms with Gasteiger partial charge in [-0.15, -0.1) is 0 Å². The van der Waals surface area contributed by atoms with Crippen molar-refractivity contribution in [1.82, 2.24) is 4.90 Å². The van der Waals surface area contributed by atoms with E-state index in [1.807, 2.05) is 13.8 Å². The number of hydrogen-bond acceptors (Lipinski definition) is 3. The van der Waals surface area contributed by atoms with Gasteiger partial charge in [0.25, 0.3) is 0 Å². The third kappa shape index (κ3) is 2.21. The summed E-state index contributed by atoms with van der Waals surface area (Å²) in [5.74, 6) is -0.229. The van der Waals surface area contributed by atoms with Crippen molar-refractivity contribution in [2.24, 2.45) is 17.4 Å². The topological polar surface area (TPSA) is 72.4 Å². The van der Waals surface area contributed by atoms with Gasteiger partial charge in [0.2, 0.25) is 5.91 Å². The summed E-state index contributed by atoms with van der Waals surface area (Å²) in [6, 6.07) is 0. The molecule has 1 fully saturated rings. The van der Waals surface area contributed by atoms with Crippen LogP contribution in [0.3, 0.4) is 0 Å². The first-order chi connectivity index (χ1) is 6.55. The van der Waals surface area contributed by atoms with E-state index in [2.05, 4.69) is 6.58 Å². The normalized spacial score (nSPS) is 23.9. The van der Waals surface area contributed by atoms with Crippen molar-refractivity contribution in [3.05, 3.63) is 12.3 Å². The average Bonchev–Trinajstić information content (AvgIpc) is 2.22. The fraction of sp³-hybridized carbons (Fsp3) is 0.727. The van der Waals surface area contributed by atoms with E-state index in [0.717, 1.165) is 5.70 Å². The van der Waals surface area contributed by atoms with Gasteiger partial charge < -0.3 is 11.5 Å². The molecule has 1 heterocycles. The Bertz CT molecular complexity index is 296. The highest BCUT2D eigenvalue weighted by Gasteiger charge is 2.45. The molecule has 1 atom stereocenters. The van der Waals surface area contributed by atoms with E-state index in [0.29, 0.717) is 6.42 Å². The van der Waals surface area contributed by atoms with Crippen molar-refractivity contribution in [3.63, 3.8) is 0 Å². The van der Waals surface area contributed by atoms with E-state index in [1.165, 1.54) is 0 Å². The van der Waals surface area contributed by atoms with Gasteiger partial charge in [0.1, 0.15) is 0 Å². The minimum Gasteiger partial charge on any atom is -0.325 e. The van der Waals surface area contributed by atoms with Crippen molar-refractivity contribution in [2.75, 3.05) is 0 Å². The van der Waals surface area contributed by atoms with Crippen molar-refractivity contribution in [1.29, 1.82) is 0 Å². The molecule has 0 spiro atoms. The molecule has 0 radical (unpaired) electrons. The monoisotopic (exact) mass is 211 g/mol. The lowest BCUT2D eigenvalue weighted by Crippen LogP contribution is -2.54. The summed E-state index contributed by atoms with van der Waals surface area (Å²) < 4.78 is 0. The standard InChI is InChI=1S/C11H21N3O/c1-7-6-8(10(2,3)12)9(15)14(7)11(4,5)13/h8H,1,6,12-13H2,2-5H3. The molecule has 0 aromatic carbocycles. The smallest absolute Gasteiger partial charge is 0.233 e. The molecule has 1 amide bonds. The number of amides is 1. The number of nitrogens with zero attached hydrogens (tertiary/aromatic N) is 1. The lowest BCUT2D eigenvalue weighted by atomic mass is 9.87. The zero-order valence-electron chi connectivity index (χ0n) is 10.0. The van der Waals surface area contributed by atoms with Gasteiger partial charge in [0.05, 0.1) is 11.6 Å². The molecule has 0 aromatic heterocycles. The van der Waals surface area contributed by atoms with Gasteiger partial charge in [-0.05, 0) is 27.7 Å². The summed E-state index contributed by atoms with van der Waals surface area (Å²) in [6.07, 6.45) is 0.600. The van der Waals surface area contributed by atoms with Gasteiger partial charge >= 0.3 is 0 Å². The molecule has 0 aliphatic carbocycles. The Morgan fingerprint density at radius 2 is 1.80 bits per heavy atom. The highest BCUT2D eigenvalue weighted by Crippen LogP contribution is 2.35. The fourth-order valence-electron chi connectivity index (χ4n) is 2.00. The second-order valence-electron chi connectivity index (χ2n) is 5.47. The maximum Gasteiger partial charge on any atom is 0.233 e. The first kappa shape index (κ1) is 12.2. The first-order valence-corrected chi connectivity index (χ1v) is 5.15. The molecule has 4 N–H and O–H groups in total.